The molecule has 4 heteroatoms. The molecule has 4 nitrogen and oxygen atoms in total. The van der Waals surface area contributed by atoms with Crippen LogP contribution in [0, 0.1) is 0 Å². The molecule has 0 radical (unpaired) electrons. The largest absolute Gasteiger partial charge is 0.508 e. The van der Waals surface area contributed by atoms with Gasteiger partial charge in [0.1, 0.15) is 5.75 Å². The third-order valence-corrected chi connectivity index (χ3v) is 3.07. The van der Waals surface area contributed by atoms with Crippen LogP contribution in [0.4, 0.5) is 0 Å². The molecule has 0 unspecified atom stereocenters. The van der Waals surface area contributed by atoms with Crippen LogP contribution in [0.5, 0.6) is 5.75 Å². The third-order valence-electron chi connectivity index (χ3n) is 3.07. The number of rotatable bonds is 2. The van der Waals surface area contributed by atoms with E-state index in [2.05, 4.69) is 9.97 Å². The summed E-state index contributed by atoms with van der Waals surface area (Å²) in [6, 6.07) is 5.63. The normalized spacial score (nSPS) is 10.9. The van der Waals surface area contributed by atoms with Crippen molar-refractivity contribution in [3.8, 4) is 17.0 Å². The van der Waals surface area contributed by atoms with Crippen LogP contribution in [0.2, 0.25) is 0 Å². The van der Waals surface area contributed by atoms with Crippen molar-refractivity contribution in [2.45, 2.75) is 13.3 Å². The Morgan fingerprint density at radius 1 is 1.28 bits per heavy atom. The highest BCUT2D eigenvalue weighted by Gasteiger charge is 2.07. The van der Waals surface area contributed by atoms with Gasteiger partial charge in [-0.2, -0.15) is 0 Å². The fourth-order valence-electron chi connectivity index (χ4n) is 2.08. The van der Waals surface area contributed by atoms with E-state index >= 15 is 0 Å². The Labute approximate surface area is 105 Å². The molecule has 0 aliphatic heterocycles. The van der Waals surface area contributed by atoms with Gasteiger partial charge in [0, 0.05) is 18.0 Å². The van der Waals surface area contributed by atoms with Crippen molar-refractivity contribution >= 4 is 5.65 Å². The van der Waals surface area contributed by atoms with Crippen molar-refractivity contribution < 1.29 is 5.11 Å². The van der Waals surface area contributed by atoms with Crippen molar-refractivity contribution in [1.29, 1.82) is 0 Å². The van der Waals surface area contributed by atoms with E-state index in [1.165, 1.54) is 0 Å². The second-order valence-electron chi connectivity index (χ2n) is 4.14. The van der Waals surface area contributed by atoms with E-state index in [4.69, 9.17) is 0 Å². The van der Waals surface area contributed by atoms with Crippen LogP contribution in [0.15, 0.2) is 43.0 Å². The molecule has 0 bridgehead atoms. The number of phenolic OH excluding ortho intramolecular Hbond substituents is 1. The first kappa shape index (κ1) is 10.8. The number of benzene rings is 1. The lowest BCUT2D eigenvalue weighted by molar-refractivity contribution is 0.469. The number of phenols is 1. The van der Waals surface area contributed by atoms with Gasteiger partial charge in [-0.15, -0.1) is 0 Å². The minimum absolute atomic E-state index is 0.344. The number of fused-ring (bicyclic) bond motifs is 1. The van der Waals surface area contributed by atoms with Crippen LogP contribution in [-0.2, 0) is 6.42 Å². The number of hydrogen-bond donors (Lipinski definition) is 1. The summed E-state index contributed by atoms with van der Waals surface area (Å²) >= 11 is 0. The summed E-state index contributed by atoms with van der Waals surface area (Å²) in [5.41, 5.74) is 3.81. The number of imidazole rings is 1. The topological polar surface area (TPSA) is 50.4 Å². The molecule has 90 valence electrons. The Hall–Kier alpha value is -2.36. The number of nitrogens with zero attached hydrogens (tertiary/aromatic N) is 3. The zero-order valence-corrected chi connectivity index (χ0v) is 10.0. The molecule has 0 atom stereocenters. The van der Waals surface area contributed by atoms with Gasteiger partial charge >= 0.3 is 0 Å². The fourth-order valence-corrected chi connectivity index (χ4v) is 2.08. The molecule has 0 saturated heterocycles. The summed E-state index contributed by atoms with van der Waals surface area (Å²) in [6.07, 6.45) is 7.97. The summed E-state index contributed by atoms with van der Waals surface area (Å²) < 4.78 is 1.98. The van der Waals surface area contributed by atoms with E-state index < -0.39 is 0 Å². The Bertz CT molecular complexity index is 703. The molecule has 0 fully saturated rings. The zero-order chi connectivity index (χ0) is 12.5. The van der Waals surface area contributed by atoms with Gasteiger partial charge in [0.15, 0.2) is 5.65 Å². The number of aromatic hydroxyl groups is 1. The highest BCUT2D eigenvalue weighted by Crippen LogP contribution is 2.26. The van der Waals surface area contributed by atoms with Crippen molar-refractivity contribution in [1.82, 2.24) is 14.4 Å². The van der Waals surface area contributed by atoms with Gasteiger partial charge in [0.2, 0.25) is 0 Å². The summed E-state index contributed by atoms with van der Waals surface area (Å²) in [6.45, 7) is 2.03. The van der Waals surface area contributed by atoms with E-state index in [9.17, 15) is 5.11 Å². The Morgan fingerprint density at radius 3 is 3.00 bits per heavy atom. The minimum Gasteiger partial charge on any atom is -0.508 e. The first-order chi connectivity index (χ1) is 8.79. The number of aryl methyl sites for hydroxylation is 1. The van der Waals surface area contributed by atoms with Crippen LogP contribution in [0.1, 0.15) is 12.5 Å². The molecule has 3 aromatic rings. The van der Waals surface area contributed by atoms with Gasteiger partial charge in [-0.05, 0) is 30.2 Å². The minimum atomic E-state index is 0.344. The first-order valence-corrected chi connectivity index (χ1v) is 5.89. The average molecular weight is 239 g/mol. The van der Waals surface area contributed by atoms with E-state index in [-0.39, 0.29) is 0 Å². The predicted molar refractivity (Wildman–Crippen MR) is 69.5 cm³/mol. The Balaban J connectivity index is 2.20. The second kappa shape index (κ2) is 4.14. The van der Waals surface area contributed by atoms with Gasteiger partial charge in [0.05, 0.1) is 18.1 Å². The predicted octanol–water partition coefficient (Wildman–Crippen LogP) is 2.66. The molecule has 0 spiro atoms. The zero-order valence-electron chi connectivity index (χ0n) is 10.0. The van der Waals surface area contributed by atoms with Gasteiger partial charge in [-0.1, -0.05) is 6.92 Å². The van der Waals surface area contributed by atoms with Crippen LogP contribution in [0.3, 0.4) is 0 Å². The Kier molecular flexibility index (Phi) is 2.48. The van der Waals surface area contributed by atoms with Gasteiger partial charge < -0.3 is 5.11 Å². The molecule has 0 amide bonds. The molecule has 0 aliphatic carbocycles. The Morgan fingerprint density at radius 2 is 2.17 bits per heavy atom. The monoisotopic (exact) mass is 239 g/mol. The highest BCUT2D eigenvalue weighted by molar-refractivity contribution is 5.65. The SMILES string of the molecule is CCc1cc(-c2cnc3cnccn23)ccc1O. The van der Waals surface area contributed by atoms with Crippen LogP contribution in [0.25, 0.3) is 16.9 Å². The molecule has 18 heavy (non-hydrogen) atoms. The van der Waals surface area contributed by atoms with E-state index in [0.717, 1.165) is 28.9 Å². The smallest absolute Gasteiger partial charge is 0.155 e. The molecule has 2 aromatic heterocycles. The lowest BCUT2D eigenvalue weighted by atomic mass is 10.1. The lowest BCUT2D eigenvalue weighted by Gasteiger charge is -2.06. The summed E-state index contributed by atoms with van der Waals surface area (Å²) in [5, 5.41) is 9.71. The van der Waals surface area contributed by atoms with Gasteiger partial charge in [0.25, 0.3) is 0 Å². The van der Waals surface area contributed by atoms with Gasteiger partial charge in [-0.3, -0.25) is 9.38 Å². The average Bonchev–Trinajstić information content (AvgIpc) is 2.83. The molecular weight excluding hydrogens is 226 g/mol. The summed E-state index contributed by atoms with van der Waals surface area (Å²) in [4.78, 5) is 8.36. The summed E-state index contributed by atoms with van der Waals surface area (Å²) in [7, 11) is 0. The van der Waals surface area contributed by atoms with Gasteiger partial charge in [-0.25, -0.2) is 4.98 Å². The molecule has 1 aromatic carbocycles. The molecule has 1 N–H and O–H groups in total. The number of hydrogen-bond acceptors (Lipinski definition) is 3. The quantitative estimate of drug-likeness (QED) is 0.748. The van der Waals surface area contributed by atoms with E-state index in [1.807, 2.05) is 35.9 Å². The highest BCUT2D eigenvalue weighted by atomic mass is 16.3. The van der Waals surface area contributed by atoms with Crippen molar-refractivity contribution in [2.24, 2.45) is 0 Å². The third kappa shape index (κ3) is 1.62. The lowest BCUT2D eigenvalue weighted by Crippen LogP contribution is -1.90. The van der Waals surface area contributed by atoms with E-state index in [0.29, 0.717) is 5.75 Å². The molecule has 0 aliphatic rings. The molecule has 3 rings (SSSR count). The molecular formula is C14H13N3O. The van der Waals surface area contributed by atoms with Crippen LogP contribution in [-0.4, -0.2) is 19.5 Å². The summed E-state index contributed by atoms with van der Waals surface area (Å²) in [5.74, 6) is 0.344. The molecule has 2 heterocycles. The van der Waals surface area contributed by atoms with E-state index in [1.54, 1.807) is 18.5 Å². The standard InChI is InChI=1S/C14H13N3O/c1-2-10-7-11(3-4-13(10)18)12-8-16-14-9-15-5-6-17(12)14/h3-9,18H,2H2,1H3. The first-order valence-electron chi connectivity index (χ1n) is 5.89. The van der Waals surface area contributed by atoms with Crippen LogP contribution < -0.4 is 0 Å². The molecule has 0 saturated carbocycles. The fraction of sp³-hybridized carbons (Fsp3) is 0.143. The van der Waals surface area contributed by atoms with Crippen molar-refractivity contribution in [2.75, 3.05) is 0 Å². The second-order valence-corrected chi connectivity index (χ2v) is 4.14. The van der Waals surface area contributed by atoms with Crippen molar-refractivity contribution in [3.05, 3.63) is 48.5 Å². The number of aromatic nitrogens is 3. The maximum Gasteiger partial charge on any atom is 0.155 e. The maximum absolute atomic E-state index is 9.71. The van der Waals surface area contributed by atoms with Crippen molar-refractivity contribution in [3.63, 3.8) is 0 Å². The van der Waals surface area contributed by atoms with Crippen LogP contribution >= 0.6 is 0 Å². The maximum atomic E-state index is 9.71.